The molecule has 0 radical (unpaired) electrons. The van der Waals surface area contributed by atoms with Crippen molar-refractivity contribution in [1.82, 2.24) is 0 Å². The molecule has 0 spiro atoms. The molecule has 0 bridgehead atoms. The van der Waals surface area contributed by atoms with E-state index in [9.17, 15) is 9.18 Å². The standard InChI is InChI=1S/C26H34FNO2/c1-2-3-4-19-5-9-21(10-6-19)22-13-15-25(16-14-22)30-26(29)23-11-7-20(8-12-23)17-24(27)18-28/h5-6,9-10,17,20,22-23,25H,2-4,7-8,11-16H2,1H3/t20-,22-,23-,25-. The van der Waals surface area contributed by atoms with E-state index in [1.54, 1.807) is 0 Å². The first-order chi connectivity index (χ1) is 14.6. The number of allylic oxidation sites excluding steroid dienone is 2. The maximum atomic E-state index is 13.1. The van der Waals surface area contributed by atoms with Gasteiger partial charge in [-0.15, -0.1) is 0 Å². The van der Waals surface area contributed by atoms with Crippen LogP contribution in [0.3, 0.4) is 0 Å². The van der Waals surface area contributed by atoms with Crippen molar-refractivity contribution in [2.75, 3.05) is 0 Å². The van der Waals surface area contributed by atoms with Crippen LogP contribution in [0, 0.1) is 23.2 Å². The van der Waals surface area contributed by atoms with Crippen LogP contribution in [0.2, 0.25) is 0 Å². The van der Waals surface area contributed by atoms with Crippen LogP contribution in [0.15, 0.2) is 36.2 Å². The van der Waals surface area contributed by atoms with Crippen LogP contribution < -0.4 is 0 Å². The summed E-state index contributed by atoms with van der Waals surface area (Å²) in [7, 11) is 0. The van der Waals surface area contributed by atoms with Crippen LogP contribution in [0.4, 0.5) is 4.39 Å². The smallest absolute Gasteiger partial charge is 0.309 e. The van der Waals surface area contributed by atoms with E-state index >= 15 is 0 Å². The molecule has 3 nitrogen and oxygen atoms in total. The van der Waals surface area contributed by atoms with Gasteiger partial charge in [-0.1, -0.05) is 37.6 Å². The van der Waals surface area contributed by atoms with Crippen molar-refractivity contribution in [3.63, 3.8) is 0 Å². The zero-order chi connectivity index (χ0) is 21.3. The van der Waals surface area contributed by atoms with Crippen LogP contribution in [0.5, 0.6) is 0 Å². The molecule has 0 amide bonds. The van der Waals surface area contributed by atoms with Gasteiger partial charge in [0, 0.05) is 0 Å². The Bertz CT molecular complexity index is 748. The van der Waals surface area contributed by atoms with Crippen LogP contribution in [-0.4, -0.2) is 12.1 Å². The van der Waals surface area contributed by atoms with Gasteiger partial charge < -0.3 is 4.74 Å². The van der Waals surface area contributed by atoms with Crippen molar-refractivity contribution < 1.29 is 13.9 Å². The topological polar surface area (TPSA) is 50.1 Å². The summed E-state index contributed by atoms with van der Waals surface area (Å²) in [5.74, 6) is -0.238. The van der Waals surface area contributed by atoms with Crippen LogP contribution in [0.25, 0.3) is 0 Å². The molecule has 0 atom stereocenters. The number of nitriles is 1. The minimum atomic E-state index is -0.714. The second-order valence-electron chi connectivity index (χ2n) is 8.99. The van der Waals surface area contributed by atoms with E-state index in [0.29, 0.717) is 5.92 Å². The second-order valence-corrected chi connectivity index (χ2v) is 8.99. The number of nitrogens with zero attached hydrogens (tertiary/aromatic N) is 1. The number of hydrogen-bond donors (Lipinski definition) is 0. The number of aryl methyl sites for hydroxylation is 1. The Morgan fingerprint density at radius 2 is 1.77 bits per heavy atom. The quantitative estimate of drug-likeness (QED) is 0.367. The number of carbonyl (C=O) groups is 1. The first kappa shape index (κ1) is 22.5. The van der Waals surface area contributed by atoms with Gasteiger partial charge >= 0.3 is 5.97 Å². The Labute approximate surface area is 180 Å². The predicted octanol–water partition coefficient (Wildman–Crippen LogP) is 6.78. The molecule has 162 valence electrons. The largest absolute Gasteiger partial charge is 0.462 e. The summed E-state index contributed by atoms with van der Waals surface area (Å²) >= 11 is 0. The average Bonchev–Trinajstić information content (AvgIpc) is 2.79. The SMILES string of the molecule is CCCCc1ccc([C@H]2CC[C@H](OC(=O)[C@H]3CC[C@H](C=C(F)C#N)CC3)CC2)cc1. The Morgan fingerprint density at radius 3 is 2.37 bits per heavy atom. The van der Waals surface area contributed by atoms with Gasteiger partial charge in [0.05, 0.1) is 5.92 Å². The maximum absolute atomic E-state index is 13.1. The van der Waals surface area contributed by atoms with Gasteiger partial charge in [0.15, 0.2) is 5.83 Å². The van der Waals surface area contributed by atoms with Crippen molar-refractivity contribution >= 4 is 5.97 Å². The van der Waals surface area contributed by atoms with E-state index in [-0.39, 0.29) is 23.9 Å². The highest BCUT2D eigenvalue weighted by molar-refractivity contribution is 5.72. The Morgan fingerprint density at radius 1 is 1.10 bits per heavy atom. The Balaban J connectivity index is 1.40. The fraction of sp³-hybridized carbons (Fsp3) is 0.615. The first-order valence-electron chi connectivity index (χ1n) is 11.7. The van der Waals surface area contributed by atoms with Crippen molar-refractivity contribution in [3.05, 3.63) is 47.3 Å². The summed E-state index contributed by atoms with van der Waals surface area (Å²) in [6.07, 6.45) is 12.0. The molecule has 4 heteroatoms. The number of ether oxygens (including phenoxy) is 1. The Kier molecular flexibility index (Phi) is 8.49. The monoisotopic (exact) mass is 411 g/mol. The predicted molar refractivity (Wildman–Crippen MR) is 116 cm³/mol. The normalized spacial score (nSPS) is 27.3. The number of halogens is 1. The second kappa shape index (κ2) is 11.3. The van der Waals surface area contributed by atoms with Crippen molar-refractivity contribution in [2.24, 2.45) is 11.8 Å². The van der Waals surface area contributed by atoms with E-state index < -0.39 is 5.83 Å². The van der Waals surface area contributed by atoms with Crippen LogP contribution >= 0.6 is 0 Å². The lowest BCUT2D eigenvalue weighted by Gasteiger charge is -2.31. The molecule has 2 aliphatic carbocycles. The molecule has 30 heavy (non-hydrogen) atoms. The van der Waals surface area contributed by atoms with Gasteiger partial charge in [0.1, 0.15) is 12.2 Å². The summed E-state index contributed by atoms with van der Waals surface area (Å²) in [6, 6.07) is 10.6. The molecule has 0 aliphatic heterocycles. The summed E-state index contributed by atoms with van der Waals surface area (Å²) < 4.78 is 18.9. The third-order valence-corrected chi connectivity index (χ3v) is 6.82. The summed E-state index contributed by atoms with van der Waals surface area (Å²) in [5.41, 5.74) is 2.83. The number of unbranched alkanes of at least 4 members (excludes halogenated alkanes) is 1. The number of esters is 1. The molecule has 0 aromatic heterocycles. The highest BCUT2D eigenvalue weighted by atomic mass is 19.1. The fourth-order valence-corrected chi connectivity index (χ4v) is 4.88. The maximum Gasteiger partial charge on any atom is 0.309 e. The third-order valence-electron chi connectivity index (χ3n) is 6.82. The highest BCUT2D eigenvalue weighted by Gasteiger charge is 2.30. The van der Waals surface area contributed by atoms with E-state index in [4.69, 9.17) is 10.00 Å². The average molecular weight is 412 g/mol. The van der Waals surface area contributed by atoms with Gasteiger partial charge in [0.25, 0.3) is 0 Å². The lowest BCUT2D eigenvalue weighted by molar-refractivity contribution is -0.157. The lowest BCUT2D eigenvalue weighted by Crippen LogP contribution is -2.29. The number of hydrogen-bond acceptors (Lipinski definition) is 3. The van der Waals surface area contributed by atoms with Gasteiger partial charge in [-0.3, -0.25) is 4.79 Å². The molecule has 0 N–H and O–H groups in total. The molecule has 2 fully saturated rings. The molecular formula is C26H34FNO2. The van der Waals surface area contributed by atoms with Gasteiger partial charge in [-0.05, 0) is 93.2 Å². The molecule has 2 saturated carbocycles. The molecule has 0 saturated heterocycles. The van der Waals surface area contributed by atoms with Gasteiger partial charge in [-0.25, -0.2) is 0 Å². The highest BCUT2D eigenvalue weighted by Crippen LogP contribution is 2.36. The minimum Gasteiger partial charge on any atom is -0.462 e. The van der Waals surface area contributed by atoms with Crippen molar-refractivity contribution in [2.45, 2.75) is 89.6 Å². The zero-order valence-corrected chi connectivity index (χ0v) is 18.1. The molecule has 0 heterocycles. The molecule has 0 unspecified atom stereocenters. The van der Waals surface area contributed by atoms with E-state index in [1.165, 1.54) is 36.1 Å². The van der Waals surface area contributed by atoms with Gasteiger partial charge in [0.2, 0.25) is 0 Å². The van der Waals surface area contributed by atoms with Crippen molar-refractivity contribution in [3.8, 4) is 6.07 Å². The number of rotatable bonds is 7. The van der Waals surface area contributed by atoms with Crippen LogP contribution in [0.1, 0.15) is 88.2 Å². The molecular weight excluding hydrogens is 377 g/mol. The minimum absolute atomic E-state index is 0.0335. The molecule has 3 rings (SSSR count). The van der Waals surface area contributed by atoms with Crippen LogP contribution in [-0.2, 0) is 16.0 Å². The van der Waals surface area contributed by atoms with E-state index in [0.717, 1.165) is 57.8 Å². The first-order valence-corrected chi connectivity index (χ1v) is 11.7. The summed E-state index contributed by atoms with van der Waals surface area (Å²) in [5, 5.41) is 8.56. The Hall–Kier alpha value is -2.15. The zero-order valence-electron chi connectivity index (χ0n) is 18.1. The van der Waals surface area contributed by atoms with E-state index in [2.05, 4.69) is 31.2 Å². The number of benzene rings is 1. The summed E-state index contributed by atoms with van der Waals surface area (Å²) in [6.45, 7) is 2.22. The van der Waals surface area contributed by atoms with Crippen molar-refractivity contribution in [1.29, 1.82) is 5.26 Å². The van der Waals surface area contributed by atoms with E-state index in [1.807, 2.05) is 0 Å². The number of carbonyl (C=O) groups excluding carboxylic acids is 1. The van der Waals surface area contributed by atoms with Gasteiger partial charge in [-0.2, -0.15) is 9.65 Å². The third kappa shape index (κ3) is 6.42. The molecule has 2 aliphatic rings. The lowest BCUT2D eigenvalue weighted by atomic mass is 9.81. The fourth-order valence-electron chi connectivity index (χ4n) is 4.88. The molecule has 1 aromatic carbocycles. The summed E-state index contributed by atoms with van der Waals surface area (Å²) in [4.78, 5) is 12.6. The molecule has 1 aromatic rings.